The summed E-state index contributed by atoms with van der Waals surface area (Å²) in [6.07, 6.45) is -4.56. The third kappa shape index (κ3) is 4.16. The Morgan fingerprint density at radius 1 is 0.912 bits per heavy atom. The molecular weight excluding hydrogens is 443 g/mol. The lowest BCUT2D eigenvalue weighted by Gasteiger charge is -2.16. The zero-order valence-corrected chi connectivity index (χ0v) is 18.2. The van der Waals surface area contributed by atoms with Gasteiger partial charge in [-0.15, -0.1) is 0 Å². The Morgan fingerprint density at radius 3 is 2.24 bits per heavy atom. The van der Waals surface area contributed by atoms with Crippen LogP contribution in [0, 0.1) is 25.2 Å². The molecule has 1 heterocycles. The van der Waals surface area contributed by atoms with Gasteiger partial charge in [0.2, 0.25) is 0 Å². The molecule has 8 heteroatoms. The van der Waals surface area contributed by atoms with E-state index in [1.807, 2.05) is 19.1 Å². The highest BCUT2D eigenvalue weighted by Gasteiger charge is 2.41. The average Bonchev–Trinajstić information content (AvgIpc) is 3.03. The first kappa shape index (κ1) is 22.8. The van der Waals surface area contributed by atoms with Crippen LogP contribution in [0.15, 0.2) is 72.4 Å². The molecule has 34 heavy (non-hydrogen) atoms. The van der Waals surface area contributed by atoms with Crippen molar-refractivity contribution in [1.82, 2.24) is 0 Å². The Balaban J connectivity index is 1.84. The first-order valence-corrected chi connectivity index (χ1v) is 10.3. The van der Waals surface area contributed by atoms with E-state index in [4.69, 9.17) is 5.26 Å². The molecule has 0 unspecified atom stereocenters. The van der Waals surface area contributed by atoms with Crippen LogP contribution in [0.5, 0.6) is 0 Å². The summed E-state index contributed by atoms with van der Waals surface area (Å²) in [5, 5.41) is 11.8. The van der Waals surface area contributed by atoms with Gasteiger partial charge in [-0.1, -0.05) is 29.8 Å². The standard InChI is InChI=1S/C26H18F3N3O2/c1-15-6-11-21(16(2)12-15)22-23(31-19-5-3-4-18(13-19)26(27,28)29)25(34)32(24(22)33)20-9-7-17(14-30)8-10-20/h3-13,31H,1-2H3. The van der Waals surface area contributed by atoms with Gasteiger partial charge in [0.1, 0.15) is 5.70 Å². The normalized spacial score (nSPS) is 13.9. The Morgan fingerprint density at radius 2 is 1.62 bits per heavy atom. The predicted octanol–water partition coefficient (Wildman–Crippen LogP) is 5.59. The fourth-order valence-corrected chi connectivity index (χ4v) is 3.83. The summed E-state index contributed by atoms with van der Waals surface area (Å²) in [7, 11) is 0. The number of aryl methyl sites for hydroxylation is 2. The molecule has 0 atom stereocenters. The summed E-state index contributed by atoms with van der Waals surface area (Å²) in [6.45, 7) is 3.68. The first-order valence-electron chi connectivity index (χ1n) is 10.3. The molecule has 0 bridgehead atoms. The number of anilines is 2. The fraction of sp³-hybridized carbons (Fsp3) is 0.115. The summed E-state index contributed by atoms with van der Waals surface area (Å²) in [5.74, 6) is -1.32. The first-order chi connectivity index (χ1) is 16.1. The zero-order chi connectivity index (χ0) is 24.6. The van der Waals surface area contributed by atoms with Crippen molar-refractivity contribution in [2.75, 3.05) is 10.2 Å². The van der Waals surface area contributed by atoms with Crippen LogP contribution >= 0.6 is 0 Å². The Labute approximate surface area is 193 Å². The van der Waals surface area contributed by atoms with Crippen LogP contribution in [0.25, 0.3) is 5.57 Å². The minimum atomic E-state index is -4.56. The Bertz CT molecular complexity index is 1380. The molecule has 3 aromatic rings. The molecule has 170 valence electrons. The molecule has 1 aliphatic heterocycles. The number of nitrogens with one attached hydrogen (secondary N) is 1. The molecule has 0 aromatic heterocycles. The minimum Gasteiger partial charge on any atom is -0.350 e. The van der Waals surface area contributed by atoms with Crippen molar-refractivity contribution in [3.63, 3.8) is 0 Å². The number of rotatable bonds is 4. The van der Waals surface area contributed by atoms with Gasteiger partial charge >= 0.3 is 6.18 Å². The van der Waals surface area contributed by atoms with Gasteiger partial charge in [0.25, 0.3) is 11.8 Å². The van der Waals surface area contributed by atoms with E-state index in [-0.39, 0.29) is 22.6 Å². The van der Waals surface area contributed by atoms with Gasteiger partial charge in [0.15, 0.2) is 0 Å². The summed E-state index contributed by atoms with van der Waals surface area (Å²) in [5.41, 5.74) is 1.86. The third-order valence-electron chi connectivity index (χ3n) is 5.45. The van der Waals surface area contributed by atoms with Crippen LogP contribution in [-0.4, -0.2) is 11.8 Å². The zero-order valence-electron chi connectivity index (χ0n) is 18.2. The van der Waals surface area contributed by atoms with E-state index < -0.39 is 23.6 Å². The SMILES string of the molecule is Cc1ccc(C2=C(Nc3cccc(C(F)(F)F)c3)C(=O)N(c3ccc(C#N)cc3)C2=O)c(C)c1. The molecule has 0 aliphatic carbocycles. The fourth-order valence-electron chi connectivity index (χ4n) is 3.83. The smallest absolute Gasteiger partial charge is 0.350 e. The second-order valence-corrected chi connectivity index (χ2v) is 7.88. The van der Waals surface area contributed by atoms with E-state index in [1.165, 1.54) is 36.4 Å². The minimum absolute atomic E-state index is 0.0231. The molecule has 2 amide bonds. The number of imide groups is 1. The average molecular weight is 461 g/mol. The van der Waals surface area contributed by atoms with E-state index in [9.17, 15) is 22.8 Å². The highest BCUT2D eigenvalue weighted by Crippen LogP contribution is 2.36. The van der Waals surface area contributed by atoms with E-state index in [0.29, 0.717) is 11.1 Å². The molecule has 0 saturated carbocycles. The van der Waals surface area contributed by atoms with Gasteiger partial charge in [0, 0.05) is 5.69 Å². The van der Waals surface area contributed by atoms with Gasteiger partial charge in [-0.05, 0) is 67.4 Å². The molecule has 0 spiro atoms. The second kappa shape index (κ2) is 8.52. The van der Waals surface area contributed by atoms with Crippen molar-refractivity contribution in [2.45, 2.75) is 20.0 Å². The van der Waals surface area contributed by atoms with Crippen LogP contribution in [0.3, 0.4) is 0 Å². The number of hydrogen-bond donors (Lipinski definition) is 1. The quantitative estimate of drug-likeness (QED) is 0.514. The summed E-state index contributed by atoms with van der Waals surface area (Å²) >= 11 is 0. The van der Waals surface area contributed by atoms with E-state index in [0.717, 1.165) is 28.2 Å². The van der Waals surface area contributed by atoms with Gasteiger partial charge in [0.05, 0.1) is 28.5 Å². The molecule has 1 aliphatic rings. The van der Waals surface area contributed by atoms with Crippen molar-refractivity contribution in [2.24, 2.45) is 0 Å². The molecule has 4 rings (SSSR count). The molecule has 3 aromatic carbocycles. The Kier molecular flexibility index (Phi) is 5.71. The predicted molar refractivity (Wildman–Crippen MR) is 122 cm³/mol. The number of amides is 2. The second-order valence-electron chi connectivity index (χ2n) is 7.88. The lowest BCUT2D eigenvalue weighted by Crippen LogP contribution is -2.32. The van der Waals surface area contributed by atoms with Gasteiger partial charge in [-0.25, -0.2) is 4.90 Å². The van der Waals surface area contributed by atoms with Gasteiger partial charge in [-0.2, -0.15) is 18.4 Å². The molecule has 0 saturated heterocycles. The van der Waals surface area contributed by atoms with E-state index >= 15 is 0 Å². The van der Waals surface area contributed by atoms with Crippen molar-refractivity contribution >= 4 is 28.8 Å². The van der Waals surface area contributed by atoms with Crippen molar-refractivity contribution in [1.29, 1.82) is 5.26 Å². The van der Waals surface area contributed by atoms with Crippen LogP contribution < -0.4 is 10.2 Å². The molecule has 5 nitrogen and oxygen atoms in total. The molecule has 0 fully saturated rings. The van der Waals surface area contributed by atoms with Crippen molar-refractivity contribution in [3.05, 3.63) is 100 Å². The highest BCUT2D eigenvalue weighted by molar-refractivity contribution is 6.46. The molecule has 0 radical (unpaired) electrons. The third-order valence-corrected chi connectivity index (χ3v) is 5.45. The lowest BCUT2D eigenvalue weighted by molar-refractivity contribution is -0.137. The number of carbonyl (C=O) groups is 2. The van der Waals surface area contributed by atoms with Crippen molar-refractivity contribution in [3.8, 4) is 6.07 Å². The maximum Gasteiger partial charge on any atom is 0.416 e. The number of carbonyl (C=O) groups excluding carboxylic acids is 2. The van der Waals surface area contributed by atoms with Gasteiger partial charge < -0.3 is 5.32 Å². The van der Waals surface area contributed by atoms with Crippen LogP contribution in [-0.2, 0) is 15.8 Å². The monoisotopic (exact) mass is 461 g/mol. The summed E-state index contributed by atoms with van der Waals surface area (Å²) in [4.78, 5) is 27.9. The van der Waals surface area contributed by atoms with Crippen molar-refractivity contribution < 1.29 is 22.8 Å². The molecule has 1 N–H and O–H groups in total. The van der Waals surface area contributed by atoms with Crippen LogP contribution in [0.1, 0.15) is 27.8 Å². The molecular formula is C26H18F3N3O2. The van der Waals surface area contributed by atoms with E-state index in [2.05, 4.69) is 5.32 Å². The Hall–Kier alpha value is -4.38. The number of halogens is 3. The number of nitriles is 1. The lowest BCUT2D eigenvalue weighted by atomic mass is 9.97. The van der Waals surface area contributed by atoms with E-state index in [1.54, 1.807) is 19.1 Å². The van der Waals surface area contributed by atoms with Crippen LogP contribution in [0.2, 0.25) is 0 Å². The maximum atomic E-state index is 13.5. The summed E-state index contributed by atoms with van der Waals surface area (Å²) < 4.78 is 39.6. The maximum absolute atomic E-state index is 13.5. The number of alkyl halides is 3. The number of benzene rings is 3. The number of nitrogens with zero attached hydrogens (tertiary/aromatic N) is 2. The summed E-state index contributed by atoms with van der Waals surface area (Å²) in [6, 6.07) is 17.7. The number of hydrogen-bond acceptors (Lipinski definition) is 4. The van der Waals surface area contributed by atoms with Gasteiger partial charge in [-0.3, -0.25) is 9.59 Å². The van der Waals surface area contributed by atoms with Crippen LogP contribution in [0.4, 0.5) is 24.5 Å². The highest BCUT2D eigenvalue weighted by atomic mass is 19.4. The topological polar surface area (TPSA) is 73.2 Å². The largest absolute Gasteiger partial charge is 0.416 e.